The van der Waals surface area contributed by atoms with Crippen LogP contribution >= 0.6 is 12.2 Å². The number of thiocarbonyl (C=S) groups is 1. The van der Waals surface area contributed by atoms with Crippen molar-refractivity contribution in [2.75, 3.05) is 0 Å². The van der Waals surface area contributed by atoms with Crippen LogP contribution in [0.2, 0.25) is 0 Å². The Kier molecular flexibility index (Phi) is 6.38. The number of hydrazine groups is 1. The summed E-state index contributed by atoms with van der Waals surface area (Å²) in [5, 5.41) is 4.64. The summed E-state index contributed by atoms with van der Waals surface area (Å²) >= 11 is 5.40. The van der Waals surface area contributed by atoms with E-state index in [9.17, 15) is 14.4 Å². The molecule has 1 aliphatic rings. The van der Waals surface area contributed by atoms with Crippen LogP contribution < -0.4 is 16.2 Å². The topological polar surface area (TPSA) is 103 Å². The normalized spacial score (nSPS) is 13.3. The number of hydrogen-bond donors (Lipinski definition) is 3. The van der Waals surface area contributed by atoms with E-state index in [-0.39, 0.29) is 10.8 Å². The second kappa shape index (κ2) is 9.93. The van der Waals surface area contributed by atoms with Crippen LogP contribution in [0.25, 0.3) is 10.8 Å². The first-order valence-corrected chi connectivity index (χ1v) is 11.6. The van der Waals surface area contributed by atoms with Gasteiger partial charge in [0.1, 0.15) is 11.9 Å². The summed E-state index contributed by atoms with van der Waals surface area (Å²) in [6, 6.07) is 25.4. The lowest BCUT2D eigenvalue weighted by atomic mass is 10.1. The molecular formula is C27H21N5O3S. The lowest BCUT2D eigenvalue weighted by Crippen LogP contribution is -2.57. The van der Waals surface area contributed by atoms with Gasteiger partial charge >= 0.3 is 0 Å². The van der Waals surface area contributed by atoms with Gasteiger partial charge in [0.2, 0.25) is 0 Å². The summed E-state index contributed by atoms with van der Waals surface area (Å²) in [4.78, 5) is 44.4. The minimum atomic E-state index is -0.785. The molecule has 0 saturated carbocycles. The number of nitrogens with one attached hydrogen (secondary N) is 3. The van der Waals surface area contributed by atoms with Gasteiger partial charge in [-0.05, 0) is 41.4 Å². The Morgan fingerprint density at radius 1 is 0.833 bits per heavy atom. The van der Waals surface area contributed by atoms with Crippen molar-refractivity contribution in [3.05, 3.63) is 114 Å². The number of fused-ring (bicyclic) bond motifs is 2. The largest absolute Gasteiger partial charge is 0.340 e. The maximum Gasteiger partial charge on any atom is 0.288 e. The van der Waals surface area contributed by atoms with E-state index in [0.717, 1.165) is 10.9 Å². The fourth-order valence-corrected chi connectivity index (χ4v) is 4.38. The van der Waals surface area contributed by atoms with E-state index in [4.69, 9.17) is 12.2 Å². The summed E-state index contributed by atoms with van der Waals surface area (Å²) in [6.07, 6.45) is 1.09. The zero-order valence-electron chi connectivity index (χ0n) is 19.0. The van der Waals surface area contributed by atoms with Crippen molar-refractivity contribution >= 4 is 45.8 Å². The van der Waals surface area contributed by atoms with Crippen molar-refractivity contribution in [2.24, 2.45) is 0 Å². The molecule has 3 amide bonds. The molecule has 3 aromatic carbocycles. The van der Waals surface area contributed by atoms with Crippen molar-refractivity contribution < 1.29 is 14.4 Å². The van der Waals surface area contributed by atoms with E-state index in [1.165, 1.54) is 4.90 Å². The predicted octanol–water partition coefficient (Wildman–Crippen LogP) is 3.21. The highest BCUT2D eigenvalue weighted by molar-refractivity contribution is 7.80. The highest BCUT2D eigenvalue weighted by Gasteiger charge is 2.40. The standard InChI is InChI=1S/C27H21N5O3S/c33-24(23-19-11-5-4-10-18(19)14-15-28-23)30-31-27(36)29-22(16-17-8-2-1-3-9-17)32-25(34)20-12-6-7-13-21(20)26(32)35/h1-15,22H,16H2,(H,30,33)(H2,29,31,36). The molecule has 5 rings (SSSR count). The molecule has 9 heteroatoms. The number of aromatic nitrogens is 1. The minimum absolute atomic E-state index is 0.0427. The SMILES string of the molecule is O=C(NNC(=S)NC(Cc1ccccc1)N1C(=O)c2ccccc2C1=O)c1nccc2ccccc12. The van der Waals surface area contributed by atoms with Gasteiger partial charge < -0.3 is 5.32 Å². The molecule has 1 atom stereocenters. The van der Waals surface area contributed by atoms with Gasteiger partial charge in [-0.15, -0.1) is 0 Å². The molecule has 0 spiro atoms. The maximum absolute atomic E-state index is 13.1. The van der Waals surface area contributed by atoms with E-state index in [1.54, 1.807) is 30.5 Å². The number of carbonyl (C=O) groups excluding carboxylic acids is 3. The molecule has 1 aromatic heterocycles. The van der Waals surface area contributed by atoms with Crippen LogP contribution in [0.4, 0.5) is 0 Å². The quantitative estimate of drug-likeness (QED) is 0.222. The molecule has 0 aliphatic carbocycles. The Bertz CT molecular complexity index is 1450. The number of rotatable bonds is 5. The molecule has 0 fully saturated rings. The molecule has 1 aliphatic heterocycles. The molecule has 36 heavy (non-hydrogen) atoms. The maximum atomic E-state index is 13.1. The molecule has 178 valence electrons. The van der Waals surface area contributed by atoms with Crippen LogP contribution in [0.15, 0.2) is 91.1 Å². The molecule has 3 N–H and O–H groups in total. The Hall–Kier alpha value is -4.63. The summed E-state index contributed by atoms with van der Waals surface area (Å²) in [6.45, 7) is 0. The number of amides is 3. The van der Waals surface area contributed by atoms with Crippen LogP contribution in [0.1, 0.15) is 36.8 Å². The van der Waals surface area contributed by atoms with Gasteiger partial charge in [-0.3, -0.25) is 35.1 Å². The van der Waals surface area contributed by atoms with Crippen LogP contribution in [-0.2, 0) is 6.42 Å². The van der Waals surface area contributed by atoms with Gasteiger partial charge in [0.25, 0.3) is 17.7 Å². The molecule has 0 bridgehead atoms. The monoisotopic (exact) mass is 495 g/mol. The predicted molar refractivity (Wildman–Crippen MR) is 139 cm³/mol. The lowest BCUT2D eigenvalue weighted by Gasteiger charge is -2.28. The highest BCUT2D eigenvalue weighted by atomic mass is 32.1. The molecule has 8 nitrogen and oxygen atoms in total. The van der Waals surface area contributed by atoms with E-state index < -0.39 is 23.9 Å². The fourth-order valence-electron chi connectivity index (χ4n) is 4.20. The Morgan fingerprint density at radius 2 is 1.47 bits per heavy atom. The van der Waals surface area contributed by atoms with Crippen molar-refractivity contribution in [1.82, 2.24) is 26.1 Å². The smallest absolute Gasteiger partial charge is 0.288 e. The van der Waals surface area contributed by atoms with Crippen molar-refractivity contribution in [2.45, 2.75) is 12.6 Å². The van der Waals surface area contributed by atoms with Crippen molar-refractivity contribution in [3.8, 4) is 0 Å². The van der Waals surface area contributed by atoms with Gasteiger partial charge in [0.05, 0.1) is 11.1 Å². The molecule has 0 radical (unpaired) electrons. The second-order valence-electron chi connectivity index (χ2n) is 8.16. The molecule has 1 unspecified atom stereocenters. The molecular weight excluding hydrogens is 474 g/mol. The molecule has 0 saturated heterocycles. The zero-order chi connectivity index (χ0) is 25.1. The summed E-state index contributed by atoms with van der Waals surface area (Å²) < 4.78 is 0. The average molecular weight is 496 g/mol. The first kappa shape index (κ1) is 23.1. The van der Waals surface area contributed by atoms with E-state index in [1.807, 2.05) is 60.7 Å². The summed E-state index contributed by atoms with van der Waals surface area (Å²) in [5.74, 6) is -1.29. The molecule has 2 heterocycles. The minimum Gasteiger partial charge on any atom is -0.340 e. The van der Waals surface area contributed by atoms with Crippen molar-refractivity contribution in [1.29, 1.82) is 0 Å². The average Bonchev–Trinajstić information content (AvgIpc) is 3.17. The number of carbonyl (C=O) groups is 3. The van der Waals surface area contributed by atoms with Gasteiger partial charge in [0, 0.05) is 18.0 Å². The zero-order valence-corrected chi connectivity index (χ0v) is 19.8. The van der Waals surface area contributed by atoms with Gasteiger partial charge in [-0.1, -0.05) is 66.7 Å². The number of nitrogens with zero attached hydrogens (tertiary/aromatic N) is 2. The van der Waals surface area contributed by atoms with Crippen LogP contribution in [0.5, 0.6) is 0 Å². The number of imide groups is 1. The van der Waals surface area contributed by atoms with E-state index in [0.29, 0.717) is 22.9 Å². The number of pyridine rings is 1. The third-order valence-electron chi connectivity index (χ3n) is 5.89. The molecule has 4 aromatic rings. The van der Waals surface area contributed by atoms with Gasteiger partial charge in [0.15, 0.2) is 5.11 Å². The van der Waals surface area contributed by atoms with Crippen LogP contribution in [-0.4, -0.2) is 38.9 Å². The number of benzene rings is 3. The third-order valence-corrected chi connectivity index (χ3v) is 6.10. The first-order valence-electron chi connectivity index (χ1n) is 11.2. The Labute approximate surface area is 212 Å². The number of hydrogen-bond acceptors (Lipinski definition) is 5. The Morgan fingerprint density at radius 3 is 2.19 bits per heavy atom. The first-order chi connectivity index (χ1) is 17.5. The lowest BCUT2D eigenvalue weighted by molar-refractivity contribution is 0.0569. The fraction of sp³-hybridized carbons (Fsp3) is 0.0741. The highest BCUT2D eigenvalue weighted by Crippen LogP contribution is 2.25. The van der Waals surface area contributed by atoms with Gasteiger partial charge in [-0.2, -0.15) is 0 Å². The van der Waals surface area contributed by atoms with Gasteiger partial charge in [-0.25, -0.2) is 0 Å². The van der Waals surface area contributed by atoms with E-state index in [2.05, 4.69) is 21.2 Å². The summed E-state index contributed by atoms with van der Waals surface area (Å²) in [5.41, 5.74) is 7.04. The van der Waals surface area contributed by atoms with E-state index >= 15 is 0 Å². The van der Waals surface area contributed by atoms with Crippen LogP contribution in [0.3, 0.4) is 0 Å². The second-order valence-corrected chi connectivity index (χ2v) is 8.57. The third kappa shape index (κ3) is 4.51. The van der Waals surface area contributed by atoms with Crippen LogP contribution in [0, 0.1) is 0 Å². The summed E-state index contributed by atoms with van der Waals surface area (Å²) in [7, 11) is 0. The van der Waals surface area contributed by atoms with Crippen molar-refractivity contribution in [3.63, 3.8) is 0 Å². The Balaban J connectivity index is 1.33.